The second kappa shape index (κ2) is 4.57. The minimum absolute atomic E-state index is 0.201. The van der Waals surface area contributed by atoms with Gasteiger partial charge in [0.05, 0.1) is 0 Å². The Morgan fingerprint density at radius 1 is 1.54 bits per heavy atom. The van der Waals surface area contributed by atoms with E-state index in [4.69, 9.17) is 5.73 Å². The lowest BCUT2D eigenvalue weighted by Crippen LogP contribution is -2.16. The Bertz CT molecular complexity index is 301. The first kappa shape index (κ1) is 9.67. The average molecular weight is 182 g/mol. The fourth-order valence-corrected chi connectivity index (χ4v) is 0.921. The van der Waals surface area contributed by atoms with Crippen LogP contribution in [0.5, 0.6) is 0 Å². The molecule has 0 spiro atoms. The largest absolute Gasteiger partial charge is 0.330 e. The van der Waals surface area contributed by atoms with E-state index in [2.05, 4.69) is 5.32 Å². The molecule has 0 atom stereocenters. The molecule has 3 N–H and O–H groups in total. The van der Waals surface area contributed by atoms with E-state index in [1.165, 1.54) is 18.2 Å². The number of nitrogens with one attached hydrogen (secondary N) is 1. The Morgan fingerprint density at radius 2 is 2.31 bits per heavy atom. The summed E-state index contributed by atoms with van der Waals surface area (Å²) in [5, 5.41) is 2.52. The predicted molar refractivity (Wildman–Crippen MR) is 48.7 cm³/mol. The van der Waals surface area contributed by atoms with Crippen molar-refractivity contribution in [2.45, 2.75) is 6.42 Å². The normalized spacial score (nSPS) is 9.69. The number of carbonyl (C=O) groups excluding carboxylic acids is 1. The van der Waals surface area contributed by atoms with Crippen LogP contribution in [0.3, 0.4) is 0 Å². The molecule has 70 valence electrons. The van der Waals surface area contributed by atoms with Crippen LogP contribution in [0.1, 0.15) is 6.42 Å². The monoisotopic (exact) mass is 182 g/mol. The third-order valence-corrected chi connectivity index (χ3v) is 1.48. The first-order chi connectivity index (χ1) is 6.22. The molecule has 0 aromatic heterocycles. The summed E-state index contributed by atoms with van der Waals surface area (Å²) < 4.78 is 12.6. The summed E-state index contributed by atoms with van der Waals surface area (Å²) in [4.78, 5) is 11.0. The molecule has 4 heteroatoms. The van der Waals surface area contributed by atoms with E-state index in [1.807, 2.05) is 0 Å². The first-order valence-corrected chi connectivity index (χ1v) is 3.98. The summed E-state index contributed by atoms with van der Waals surface area (Å²) in [5.41, 5.74) is 5.63. The summed E-state index contributed by atoms with van der Waals surface area (Å²) in [6.07, 6.45) is 0.247. The number of rotatable bonds is 3. The van der Waals surface area contributed by atoms with Crippen molar-refractivity contribution in [2.75, 3.05) is 11.9 Å². The van der Waals surface area contributed by atoms with Crippen LogP contribution >= 0.6 is 0 Å². The third kappa shape index (κ3) is 3.21. The zero-order valence-corrected chi connectivity index (χ0v) is 7.09. The molecule has 0 bridgehead atoms. The van der Waals surface area contributed by atoms with Crippen molar-refractivity contribution in [1.82, 2.24) is 0 Å². The zero-order valence-electron chi connectivity index (χ0n) is 7.09. The van der Waals surface area contributed by atoms with Crippen molar-refractivity contribution < 1.29 is 9.18 Å². The van der Waals surface area contributed by atoms with E-state index in [9.17, 15) is 9.18 Å². The first-order valence-electron chi connectivity index (χ1n) is 3.98. The molecule has 0 aliphatic carbocycles. The van der Waals surface area contributed by atoms with E-state index in [0.717, 1.165) is 0 Å². The third-order valence-electron chi connectivity index (χ3n) is 1.48. The van der Waals surface area contributed by atoms with Crippen LogP contribution in [0, 0.1) is 5.82 Å². The fourth-order valence-electron chi connectivity index (χ4n) is 0.921. The lowest BCUT2D eigenvalue weighted by molar-refractivity contribution is -0.116. The van der Waals surface area contributed by atoms with Crippen molar-refractivity contribution in [2.24, 2.45) is 5.73 Å². The summed E-state index contributed by atoms with van der Waals surface area (Å²) in [5.74, 6) is -0.571. The van der Waals surface area contributed by atoms with Crippen LogP contribution in [0.4, 0.5) is 10.1 Å². The molecule has 0 heterocycles. The number of halogens is 1. The quantitative estimate of drug-likeness (QED) is 0.735. The van der Waals surface area contributed by atoms with E-state index in [0.29, 0.717) is 12.2 Å². The van der Waals surface area contributed by atoms with Gasteiger partial charge in [-0.05, 0) is 18.2 Å². The van der Waals surface area contributed by atoms with Gasteiger partial charge in [-0.2, -0.15) is 0 Å². The van der Waals surface area contributed by atoms with Gasteiger partial charge < -0.3 is 11.1 Å². The Morgan fingerprint density at radius 3 is 2.92 bits per heavy atom. The van der Waals surface area contributed by atoms with Gasteiger partial charge in [-0.1, -0.05) is 6.07 Å². The SMILES string of the molecule is NCCC(=O)Nc1cccc(F)c1. The molecule has 0 fully saturated rings. The molecular formula is C9H11FN2O. The molecular weight excluding hydrogens is 171 g/mol. The topological polar surface area (TPSA) is 55.1 Å². The average Bonchev–Trinajstić information content (AvgIpc) is 2.04. The highest BCUT2D eigenvalue weighted by atomic mass is 19.1. The molecule has 0 aliphatic heterocycles. The van der Waals surface area contributed by atoms with E-state index < -0.39 is 0 Å². The van der Waals surface area contributed by atoms with Crippen LogP contribution in [0.15, 0.2) is 24.3 Å². The molecule has 3 nitrogen and oxygen atoms in total. The van der Waals surface area contributed by atoms with E-state index in [-0.39, 0.29) is 18.1 Å². The molecule has 1 rings (SSSR count). The molecule has 0 aliphatic rings. The number of anilines is 1. The smallest absolute Gasteiger partial charge is 0.225 e. The number of carbonyl (C=O) groups is 1. The molecule has 0 radical (unpaired) electrons. The number of nitrogens with two attached hydrogens (primary N) is 1. The highest BCUT2D eigenvalue weighted by molar-refractivity contribution is 5.90. The Hall–Kier alpha value is -1.42. The number of benzene rings is 1. The second-order valence-corrected chi connectivity index (χ2v) is 2.60. The van der Waals surface area contributed by atoms with Gasteiger partial charge in [0.15, 0.2) is 0 Å². The van der Waals surface area contributed by atoms with Gasteiger partial charge in [-0.15, -0.1) is 0 Å². The molecule has 13 heavy (non-hydrogen) atoms. The summed E-state index contributed by atoms with van der Waals surface area (Å²) in [7, 11) is 0. The fraction of sp³-hybridized carbons (Fsp3) is 0.222. The van der Waals surface area contributed by atoms with Crippen LogP contribution in [0.25, 0.3) is 0 Å². The van der Waals surface area contributed by atoms with Gasteiger partial charge in [0.1, 0.15) is 5.82 Å². The van der Waals surface area contributed by atoms with E-state index >= 15 is 0 Å². The molecule has 1 amide bonds. The van der Waals surface area contributed by atoms with Crippen molar-refractivity contribution in [1.29, 1.82) is 0 Å². The lowest BCUT2D eigenvalue weighted by Gasteiger charge is -2.03. The Kier molecular flexibility index (Phi) is 3.40. The van der Waals surface area contributed by atoms with Gasteiger partial charge in [-0.3, -0.25) is 4.79 Å². The van der Waals surface area contributed by atoms with Crippen LogP contribution in [-0.2, 0) is 4.79 Å². The number of amides is 1. The summed E-state index contributed by atoms with van der Waals surface area (Å²) in [6, 6.07) is 5.73. The molecule has 0 unspecified atom stereocenters. The van der Waals surface area contributed by atoms with Gasteiger partial charge >= 0.3 is 0 Å². The van der Waals surface area contributed by atoms with Crippen LogP contribution in [0.2, 0.25) is 0 Å². The van der Waals surface area contributed by atoms with Gasteiger partial charge in [0.2, 0.25) is 5.91 Å². The maximum absolute atomic E-state index is 12.6. The van der Waals surface area contributed by atoms with E-state index in [1.54, 1.807) is 6.07 Å². The standard InChI is InChI=1S/C9H11FN2O/c10-7-2-1-3-8(6-7)12-9(13)4-5-11/h1-3,6H,4-5,11H2,(H,12,13). The van der Waals surface area contributed by atoms with Crippen LogP contribution in [-0.4, -0.2) is 12.5 Å². The second-order valence-electron chi connectivity index (χ2n) is 2.60. The van der Waals surface area contributed by atoms with Crippen molar-refractivity contribution >= 4 is 11.6 Å². The van der Waals surface area contributed by atoms with Gasteiger partial charge in [0, 0.05) is 18.7 Å². The summed E-state index contributed by atoms with van der Waals surface area (Å²) >= 11 is 0. The van der Waals surface area contributed by atoms with Gasteiger partial charge in [-0.25, -0.2) is 4.39 Å². The highest BCUT2D eigenvalue weighted by Crippen LogP contribution is 2.08. The summed E-state index contributed by atoms with van der Waals surface area (Å²) in [6.45, 7) is 0.293. The van der Waals surface area contributed by atoms with Crippen molar-refractivity contribution in [3.63, 3.8) is 0 Å². The van der Waals surface area contributed by atoms with Crippen LogP contribution < -0.4 is 11.1 Å². The molecule has 0 saturated heterocycles. The zero-order chi connectivity index (χ0) is 9.68. The maximum Gasteiger partial charge on any atom is 0.225 e. The van der Waals surface area contributed by atoms with Crippen molar-refractivity contribution in [3.05, 3.63) is 30.1 Å². The molecule has 0 saturated carbocycles. The maximum atomic E-state index is 12.6. The number of hydrogen-bond donors (Lipinski definition) is 2. The molecule has 1 aromatic rings. The predicted octanol–water partition coefficient (Wildman–Crippen LogP) is 1.11. The Balaban J connectivity index is 2.58. The minimum atomic E-state index is -0.370. The minimum Gasteiger partial charge on any atom is -0.330 e. The van der Waals surface area contributed by atoms with Gasteiger partial charge in [0.25, 0.3) is 0 Å². The highest BCUT2D eigenvalue weighted by Gasteiger charge is 2.00. The van der Waals surface area contributed by atoms with Crippen molar-refractivity contribution in [3.8, 4) is 0 Å². The lowest BCUT2D eigenvalue weighted by atomic mass is 10.3. The molecule has 1 aromatic carbocycles. The Labute approximate surface area is 75.7 Å². The number of hydrogen-bond acceptors (Lipinski definition) is 2.